The first-order valence-corrected chi connectivity index (χ1v) is 10.3. The summed E-state index contributed by atoms with van der Waals surface area (Å²) >= 11 is 0. The van der Waals surface area contributed by atoms with E-state index >= 15 is 0 Å². The van der Waals surface area contributed by atoms with Crippen LogP contribution in [0.2, 0.25) is 0 Å². The Balaban J connectivity index is 0.00000341. The molecule has 0 fully saturated rings. The zero-order valence-corrected chi connectivity index (χ0v) is 20.6. The van der Waals surface area contributed by atoms with Crippen molar-refractivity contribution in [2.75, 3.05) is 25.7 Å². The average molecular weight is 538 g/mol. The summed E-state index contributed by atoms with van der Waals surface area (Å²) in [7, 11) is 1.75. The maximum atomic E-state index is 12.1. The van der Waals surface area contributed by atoms with Crippen LogP contribution in [0.3, 0.4) is 0 Å². The van der Waals surface area contributed by atoms with Crippen molar-refractivity contribution < 1.29 is 14.3 Å². The number of aliphatic imine (C=N–C) groups is 1. The molecule has 1 aliphatic heterocycles. The Morgan fingerprint density at radius 2 is 1.90 bits per heavy atom. The predicted octanol–water partition coefficient (Wildman–Crippen LogP) is 3.93. The van der Waals surface area contributed by atoms with Gasteiger partial charge in [-0.15, -0.1) is 24.0 Å². The van der Waals surface area contributed by atoms with E-state index in [0.29, 0.717) is 6.54 Å². The molecule has 1 atom stereocenters. The normalized spacial score (nSPS) is 13.2. The van der Waals surface area contributed by atoms with Gasteiger partial charge in [0, 0.05) is 31.7 Å². The Bertz CT molecular complexity index is 904. The van der Waals surface area contributed by atoms with E-state index in [-0.39, 0.29) is 42.6 Å². The Hall–Kier alpha value is -2.49. The number of nitrogens with one attached hydrogen (secondary N) is 3. The molecule has 0 bridgehead atoms. The fraction of sp³-hybridized carbons (Fsp3) is 0.391. The molecule has 0 aromatic heterocycles. The molecule has 1 aliphatic rings. The molecule has 2 aromatic carbocycles. The molecule has 3 N–H and O–H groups in total. The third kappa shape index (κ3) is 7.30. The molecule has 1 unspecified atom stereocenters. The van der Waals surface area contributed by atoms with Crippen LogP contribution in [-0.4, -0.2) is 32.3 Å². The van der Waals surface area contributed by atoms with E-state index in [4.69, 9.17) is 9.47 Å². The van der Waals surface area contributed by atoms with E-state index in [1.807, 2.05) is 56.3 Å². The molecule has 8 heteroatoms. The molecule has 2 aromatic rings. The van der Waals surface area contributed by atoms with Crippen molar-refractivity contribution in [3.8, 4) is 11.5 Å². The Morgan fingerprint density at radius 3 is 2.68 bits per heavy atom. The number of carbonyl (C=O) groups is 1. The maximum Gasteiger partial charge on any atom is 0.231 e. The minimum Gasteiger partial charge on any atom is -0.454 e. The van der Waals surface area contributed by atoms with Crippen LogP contribution in [-0.2, 0) is 17.8 Å². The summed E-state index contributed by atoms with van der Waals surface area (Å²) in [5.41, 5.74) is 3.05. The topological polar surface area (TPSA) is 84.0 Å². The number of amides is 1. The molecule has 7 nitrogen and oxygen atoms in total. The van der Waals surface area contributed by atoms with Crippen molar-refractivity contribution in [2.45, 2.75) is 33.2 Å². The van der Waals surface area contributed by atoms with Gasteiger partial charge in [-0.2, -0.15) is 0 Å². The van der Waals surface area contributed by atoms with Gasteiger partial charge >= 0.3 is 0 Å². The highest BCUT2D eigenvalue weighted by molar-refractivity contribution is 14.0. The van der Waals surface area contributed by atoms with Gasteiger partial charge in [0.15, 0.2) is 17.5 Å². The molecule has 1 heterocycles. The molecular weight excluding hydrogens is 507 g/mol. The molecule has 168 valence electrons. The maximum absolute atomic E-state index is 12.1. The molecule has 31 heavy (non-hydrogen) atoms. The van der Waals surface area contributed by atoms with Crippen LogP contribution < -0.4 is 25.4 Å². The van der Waals surface area contributed by atoms with Crippen molar-refractivity contribution in [1.29, 1.82) is 0 Å². The first-order chi connectivity index (χ1) is 14.6. The van der Waals surface area contributed by atoms with Gasteiger partial charge in [-0.1, -0.05) is 32.0 Å². The fourth-order valence-corrected chi connectivity index (χ4v) is 3.04. The van der Waals surface area contributed by atoms with Crippen molar-refractivity contribution in [2.24, 2.45) is 10.9 Å². The fourth-order valence-electron chi connectivity index (χ4n) is 3.04. The lowest BCUT2D eigenvalue weighted by Crippen LogP contribution is -2.37. The van der Waals surface area contributed by atoms with E-state index in [2.05, 4.69) is 20.9 Å². The summed E-state index contributed by atoms with van der Waals surface area (Å²) in [6.07, 6.45) is 1.66. The zero-order chi connectivity index (χ0) is 21.3. The van der Waals surface area contributed by atoms with Crippen LogP contribution in [0.1, 0.15) is 31.4 Å². The standard InChI is InChI=1S/C23H30N4O3.HI/c1-4-16(2)22(28)27-19-7-5-6-18(12-19)14-26-23(24-3)25-11-10-17-8-9-20-21(13-17)30-15-29-20;/h5-9,12-13,16H,4,10-11,14-15H2,1-3H3,(H,27,28)(H2,24,25,26);1H. The van der Waals surface area contributed by atoms with Gasteiger partial charge in [0.2, 0.25) is 12.7 Å². The molecule has 1 amide bonds. The van der Waals surface area contributed by atoms with E-state index in [1.165, 1.54) is 5.56 Å². The molecule has 0 saturated heterocycles. The molecular formula is C23H31IN4O3. The number of carbonyl (C=O) groups excluding carboxylic acids is 1. The third-order valence-electron chi connectivity index (χ3n) is 5.08. The van der Waals surface area contributed by atoms with Gasteiger partial charge in [0.25, 0.3) is 0 Å². The van der Waals surface area contributed by atoms with Gasteiger partial charge in [-0.05, 0) is 48.2 Å². The highest BCUT2D eigenvalue weighted by Crippen LogP contribution is 2.32. The molecule has 0 aliphatic carbocycles. The first-order valence-electron chi connectivity index (χ1n) is 10.3. The van der Waals surface area contributed by atoms with E-state index < -0.39 is 0 Å². The minimum atomic E-state index is -0.000399. The number of hydrogen-bond acceptors (Lipinski definition) is 4. The number of benzene rings is 2. The number of hydrogen-bond donors (Lipinski definition) is 3. The van der Waals surface area contributed by atoms with Crippen LogP contribution in [0, 0.1) is 5.92 Å². The quantitative estimate of drug-likeness (QED) is 0.270. The highest BCUT2D eigenvalue weighted by atomic mass is 127. The van der Waals surface area contributed by atoms with E-state index in [1.54, 1.807) is 7.05 Å². The molecule has 0 saturated carbocycles. The van der Waals surface area contributed by atoms with E-state index in [0.717, 1.165) is 48.1 Å². The number of nitrogens with zero attached hydrogens (tertiary/aromatic N) is 1. The summed E-state index contributed by atoms with van der Waals surface area (Å²) in [5, 5.41) is 9.61. The smallest absolute Gasteiger partial charge is 0.231 e. The van der Waals surface area contributed by atoms with Gasteiger partial charge in [0.05, 0.1) is 0 Å². The molecule has 0 radical (unpaired) electrons. The second-order valence-corrected chi connectivity index (χ2v) is 7.29. The highest BCUT2D eigenvalue weighted by Gasteiger charge is 2.13. The number of halogens is 1. The van der Waals surface area contributed by atoms with Crippen molar-refractivity contribution >= 4 is 41.5 Å². The lowest BCUT2D eigenvalue weighted by atomic mass is 10.1. The summed E-state index contributed by atoms with van der Waals surface area (Å²) in [6.45, 7) is 5.58. The second kappa shape index (κ2) is 12.4. The predicted molar refractivity (Wildman–Crippen MR) is 134 cm³/mol. The second-order valence-electron chi connectivity index (χ2n) is 7.29. The SMILES string of the molecule is CCC(C)C(=O)Nc1cccc(CNC(=NC)NCCc2ccc3c(c2)OCO3)c1.I. The number of guanidine groups is 1. The van der Waals surface area contributed by atoms with Crippen LogP contribution in [0.25, 0.3) is 0 Å². The van der Waals surface area contributed by atoms with Gasteiger partial charge in [-0.3, -0.25) is 9.79 Å². The lowest BCUT2D eigenvalue weighted by molar-refractivity contribution is -0.119. The Morgan fingerprint density at radius 1 is 1.10 bits per heavy atom. The van der Waals surface area contributed by atoms with Crippen LogP contribution >= 0.6 is 24.0 Å². The number of rotatable bonds is 8. The zero-order valence-electron chi connectivity index (χ0n) is 18.2. The first kappa shape index (κ1) is 24.8. The largest absolute Gasteiger partial charge is 0.454 e. The lowest BCUT2D eigenvalue weighted by Gasteiger charge is -2.14. The third-order valence-corrected chi connectivity index (χ3v) is 5.08. The van der Waals surface area contributed by atoms with Crippen LogP contribution in [0.5, 0.6) is 11.5 Å². The van der Waals surface area contributed by atoms with Crippen LogP contribution in [0.4, 0.5) is 5.69 Å². The summed E-state index contributed by atoms with van der Waals surface area (Å²) < 4.78 is 10.8. The molecule has 0 spiro atoms. The van der Waals surface area contributed by atoms with Gasteiger partial charge < -0.3 is 25.4 Å². The monoisotopic (exact) mass is 538 g/mol. The summed E-state index contributed by atoms with van der Waals surface area (Å²) in [5.74, 6) is 2.37. The Kier molecular flexibility index (Phi) is 9.90. The van der Waals surface area contributed by atoms with Crippen LogP contribution in [0.15, 0.2) is 47.5 Å². The average Bonchev–Trinajstić information content (AvgIpc) is 3.23. The van der Waals surface area contributed by atoms with Gasteiger partial charge in [-0.25, -0.2) is 0 Å². The Labute approximate surface area is 201 Å². The summed E-state index contributed by atoms with van der Waals surface area (Å²) in [4.78, 5) is 16.4. The van der Waals surface area contributed by atoms with Crippen molar-refractivity contribution in [3.63, 3.8) is 0 Å². The van der Waals surface area contributed by atoms with Gasteiger partial charge in [0.1, 0.15) is 0 Å². The van der Waals surface area contributed by atoms with E-state index in [9.17, 15) is 4.79 Å². The summed E-state index contributed by atoms with van der Waals surface area (Å²) in [6, 6.07) is 13.8. The minimum absolute atomic E-state index is 0. The van der Waals surface area contributed by atoms with Crippen molar-refractivity contribution in [1.82, 2.24) is 10.6 Å². The number of anilines is 1. The molecule has 3 rings (SSSR count). The number of fused-ring (bicyclic) bond motifs is 1. The van der Waals surface area contributed by atoms with Crippen molar-refractivity contribution in [3.05, 3.63) is 53.6 Å². The number of ether oxygens (including phenoxy) is 2.